The highest BCUT2D eigenvalue weighted by molar-refractivity contribution is 5.54. The van der Waals surface area contributed by atoms with E-state index in [-0.39, 0.29) is 10.7 Å². The molecule has 0 fully saturated rings. The van der Waals surface area contributed by atoms with E-state index in [0.717, 1.165) is 9.58 Å². The highest BCUT2D eigenvalue weighted by atomic mass is 16.2. The molecular formula is C8H9N5O3. The van der Waals surface area contributed by atoms with Crippen LogP contribution < -0.4 is 27.5 Å². The number of aromatic nitrogens is 2. The van der Waals surface area contributed by atoms with Gasteiger partial charge in [0.15, 0.2) is 5.49 Å². The van der Waals surface area contributed by atoms with Gasteiger partial charge in [-0.1, -0.05) is 0 Å². The van der Waals surface area contributed by atoms with Gasteiger partial charge in [-0.15, -0.1) is 5.10 Å². The summed E-state index contributed by atoms with van der Waals surface area (Å²) in [5.74, 6) is 0. The van der Waals surface area contributed by atoms with Crippen molar-refractivity contribution in [1.29, 1.82) is 0 Å². The third-order valence-electron chi connectivity index (χ3n) is 2.32. The molecule has 0 aromatic carbocycles. The second-order valence-electron chi connectivity index (χ2n) is 3.30. The van der Waals surface area contributed by atoms with Gasteiger partial charge >= 0.3 is 5.69 Å². The number of nitrogens with one attached hydrogen (secondary N) is 1. The van der Waals surface area contributed by atoms with Crippen molar-refractivity contribution in [3.8, 4) is 0 Å². The number of rotatable bonds is 1. The van der Waals surface area contributed by atoms with Crippen molar-refractivity contribution in [2.75, 3.05) is 0 Å². The highest BCUT2D eigenvalue weighted by Gasteiger charge is 2.10. The van der Waals surface area contributed by atoms with E-state index in [2.05, 4.69) is 10.6 Å². The maximum Gasteiger partial charge on any atom is 0.332 e. The molecule has 0 atom stereocenters. The molecule has 1 aliphatic heterocycles. The van der Waals surface area contributed by atoms with Crippen LogP contribution in [0.5, 0.6) is 0 Å². The summed E-state index contributed by atoms with van der Waals surface area (Å²) in [6.07, 6.45) is 1.76. The molecule has 2 rings (SSSR count). The monoisotopic (exact) mass is 223 g/mol. The largest absolute Gasteiger partial charge is 0.332 e. The molecule has 0 radical (unpaired) electrons. The standard InChI is InChI=1S/C8H9N5O3/c1-11-6-5(3-13(4-14)10-9-6)7(15)12(2)8(11)16/h3-4,10H,1-2H3. The molecule has 0 saturated carbocycles. The molecule has 16 heavy (non-hydrogen) atoms. The average Bonchev–Trinajstić information content (AvgIpc) is 2.33. The Morgan fingerprint density at radius 3 is 2.62 bits per heavy atom. The van der Waals surface area contributed by atoms with E-state index in [4.69, 9.17) is 0 Å². The zero-order valence-electron chi connectivity index (χ0n) is 8.67. The fourth-order valence-electron chi connectivity index (χ4n) is 1.43. The molecule has 84 valence electrons. The van der Waals surface area contributed by atoms with Gasteiger partial charge in [0.1, 0.15) is 5.22 Å². The summed E-state index contributed by atoms with van der Waals surface area (Å²) in [5.41, 5.74) is 1.61. The zero-order chi connectivity index (χ0) is 11.9. The van der Waals surface area contributed by atoms with Gasteiger partial charge in [0.25, 0.3) is 5.56 Å². The Bertz CT molecular complexity index is 683. The minimum Gasteiger partial charge on any atom is -0.279 e. The number of nitrogens with zero attached hydrogens (tertiary/aromatic N) is 4. The molecule has 0 unspecified atom stereocenters. The van der Waals surface area contributed by atoms with Crippen LogP contribution in [0.3, 0.4) is 0 Å². The second kappa shape index (κ2) is 3.33. The number of amides is 1. The number of fused-ring (bicyclic) bond motifs is 1. The minimum absolute atomic E-state index is 0.190. The topological polar surface area (TPSA) is 88.7 Å². The van der Waals surface area contributed by atoms with Gasteiger partial charge in [-0.3, -0.25) is 18.7 Å². The van der Waals surface area contributed by atoms with Crippen molar-refractivity contribution in [3.63, 3.8) is 0 Å². The van der Waals surface area contributed by atoms with Gasteiger partial charge in [-0.05, 0) is 0 Å². The van der Waals surface area contributed by atoms with Crippen molar-refractivity contribution < 1.29 is 4.79 Å². The molecule has 1 amide bonds. The van der Waals surface area contributed by atoms with Crippen LogP contribution in [0.25, 0.3) is 6.20 Å². The molecule has 8 heteroatoms. The number of hydrogen-bond donors (Lipinski definition) is 1. The third kappa shape index (κ3) is 1.23. The molecule has 0 bridgehead atoms. The van der Waals surface area contributed by atoms with E-state index in [0.29, 0.717) is 6.41 Å². The summed E-state index contributed by atoms with van der Waals surface area (Å²) in [6.45, 7) is 0. The normalized spacial score (nSPS) is 13.2. The van der Waals surface area contributed by atoms with Crippen molar-refractivity contribution in [2.45, 2.75) is 0 Å². The van der Waals surface area contributed by atoms with Crippen LogP contribution in [0.1, 0.15) is 0 Å². The number of hydrazine groups is 1. The van der Waals surface area contributed by atoms with E-state index < -0.39 is 11.2 Å². The Labute approximate surface area is 88.7 Å². The molecule has 2 heterocycles. The second-order valence-corrected chi connectivity index (χ2v) is 3.30. The highest BCUT2D eigenvalue weighted by Crippen LogP contribution is 1.77. The van der Waals surface area contributed by atoms with Crippen molar-refractivity contribution in [3.05, 3.63) is 31.5 Å². The van der Waals surface area contributed by atoms with E-state index >= 15 is 0 Å². The minimum atomic E-state index is -0.491. The fraction of sp³-hybridized carbons (Fsp3) is 0.250. The predicted molar refractivity (Wildman–Crippen MR) is 53.2 cm³/mol. The molecular weight excluding hydrogens is 214 g/mol. The zero-order valence-corrected chi connectivity index (χ0v) is 8.67. The van der Waals surface area contributed by atoms with E-state index in [1.807, 2.05) is 0 Å². The predicted octanol–water partition coefficient (Wildman–Crippen LogP) is -3.67. The molecule has 0 aliphatic carbocycles. The first kappa shape index (κ1) is 10.1. The van der Waals surface area contributed by atoms with E-state index in [9.17, 15) is 14.4 Å². The maximum atomic E-state index is 11.7. The first-order chi connectivity index (χ1) is 7.56. The van der Waals surface area contributed by atoms with Gasteiger partial charge in [-0.2, -0.15) is 0 Å². The van der Waals surface area contributed by atoms with Crippen molar-refractivity contribution >= 4 is 12.6 Å². The Kier molecular flexibility index (Phi) is 2.11. The van der Waals surface area contributed by atoms with Crippen LogP contribution in [0.15, 0.2) is 14.7 Å². The van der Waals surface area contributed by atoms with Gasteiger partial charge in [0.05, 0.1) is 0 Å². The Hall–Kier alpha value is -2.38. The Morgan fingerprint density at radius 2 is 2.00 bits per heavy atom. The van der Waals surface area contributed by atoms with Gasteiger partial charge in [-0.25, -0.2) is 15.3 Å². The van der Waals surface area contributed by atoms with Gasteiger partial charge in [0, 0.05) is 20.3 Å². The number of hydrogen-bond acceptors (Lipinski definition) is 5. The van der Waals surface area contributed by atoms with Crippen LogP contribution in [0, 0.1) is 0 Å². The summed E-state index contributed by atoms with van der Waals surface area (Å²) in [6, 6.07) is 0. The Morgan fingerprint density at radius 1 is 1.31 bits per heavy atom. The van der Waals surface area contributed by atoms with Gasteiger partial charge in [0.2, 0.25) is 6.41 Å². The average molecular weight is 223 g/mol. The summed E-state index contributed by atoms with van der Waals surface area (Å²) in [4.78, 5) is 33.8. The lowest BCUT2D eigenvalue weighted by Crippen LogP contribution is -2.60. The van der Waals surface area contributed by atoms with Crippen LogP contribution in [-0.2, 0) is 18.9 Å². The summed E-state index contributed by atoms with van der Waals surface area (Å²) in [5, 5.41) is 4.96. The lowest BCUT2D eigenvalue weighted by atomic mass is 10.4. The Balaban J connectivity index is 3.01. The fourth-order valence-corrected chi connectivity index (χ4v) is 1.43. The SMILES string of the molecule is Cn1c(=O)c2c(n(C)c1=O)=NNN(C=O)C=2. The van der Waals surface area contributed by atoms with E-state index in [1.54, 1.807) is 0 Å². The number of carbonyl (C=O) groups excluding carboxylic acids is 1. The van der Waals surface area contributed by atoms with Crippen LogP contribution in [-0.4, -0.2) is 20.6 Å². The van der Waals surface area contributed by atoms with Crippen molar-refractivity contribution in [2.24, 2.45) is 19.2 Å². The third-order valence-corrected chi connectivity index (χ3v) is 2.32. The smallest absolute Gasteiger partial charge is 0.279 e. The molecule has 0 saturated heterocycles. The maximum absolute atomic E-state index is 11.7. The molecule has 1 aromatic rings. The van der Waals surface area contributed by atoms with Crippen LogP contribution in [0.4, 0.5) is 0 Å². The lowest BCUT2D eigenvalue weighted by molar-refractivity contribution is -0.117. The van der Waals surface area contributed by atoms with Gasteiger partial charge < -0.3 is 0 Å². The quantitative estimate of drug-likeness (QED) is 0.497. The van der Waals surface area contributed by atoms with Crippen LogP contribution in [0.2, 0.25) is 0 Å². The van der Waals surface area contributed by atoms with E-state index in [1.165, 1.54) is 24.9 Å². The molecule has 8 nitrogen and oxygen atoms in total. The molecule has 0 spiro atoms. The van der Waals surface area contributed by atoms with Crippen LogP contribution >= 0.6 is 0 Å². The summed E-state index contributed by atoms with van der Waals surface area (Å²) < 4.78 is 2.18. The molecule has 1 aliphatic rings. The molecule has 1 N–H and O–H groups in total. The summed E-state index contributed by atoms with van der Waals surface area (Å²) in [7, 11) is 2.86. The van der Waals surface area contributed by atoms with Crippen molar-refractivity contribution in [1.82, 2.24) is 19.7 Å². The lowest BCUT2D eigenvalue weighted by Gasteiger charge is -2.14. The molecule has 1 aromatic heterocycles. The first-order valence-electron chi connectivity index (χ1n) is 4.41. The summed E-state index contributed by atoms with van der Waals surface area (Å²) >= 11 is 0. The first-order valence-corrected chi connectivity index (χ1v) is 4.41. The number of carbonyl (C=O) groups is 1.